The third-order valence-corrected chi connectivity index (χ3v) is 7.25. The third-order valence-electron chi connectivity index (χ3n) is 5.00. The number of aliphatic imine (C=N–C) groups is 1. The molecule has 32 heavy (non-hydrogen) atoms. The summed E-state index contributed by atoms with van der Waals surface area (Å²) in [5, 5.41) is 3.90. The van der Waals surface area contributed by atoms with Crippen molar-refractivity contribution in [1.82, 2.24) is 4.90 Å². The van der Waals surface area contributed by atoms with Crippen LogP contribution in [-0.4, -0.2) is 61.1 Å². The van der Waals surface area contributed by atoms with Gasteiger partial charge in [-0.05, 0) is 68.0 Å². The average Bonchev–Trinajstić information content (AvgIpc) is 3.16. The van der Waals surface area contributed by atoms with Gasteiger partial charge in [-0.3, -0.25) is 14.6 Å². The summed E-state index contributed by atoms with van der Waals surface area (Å²) in [7, 11) is 1.64. The molecule has 0 atom stereocenters. The molecule has 0 aliphatic carbocycles. The van der Waals surface area contributed by atoms with Gasteiger partial charge in [-0.2, -0.15) is 0 Å². The number of amides is 1. The van der Waals surface area contributed by atoms with E-state index in [2.05, 4.69) is 15.2 Å². The number of ether oxygens (including phenoxy) is 2. The number of nitrogens with zero attached hydrogens (tertiary/aromatic N) is 2. The second kappa shape index (κ2) is 12.9. The van der Waals surface area contributed by atoms with Crippen LogP contribution in [0.15, 0.2) is 44.8 Å². The molecule has 9 heteroatoms. The van der Waals surface area contributed by atoms with Crippen molar-refractivity contribution in [2.45, 2.75) is 43.9 Å². The number of esters is 1. The van der Waals surface area contributed by atoms with Crippen molar-refractivity contribution in [2.24, 2.45) is 4.99 Å². The first-order valence-corrected chi connectivity index (χ1v) is 12.8. The summed E-state index contributed by atoms with van der Waals surface area (Å²) in [4.78, 5) is 32.7. The van der Waals surface area contributed by atoms with Crippen LogP contribution in [0.3, 0.4) is 0 Å². The molecule has 2 heterocycles. The molecule has 1 N–H and O–H groups in total. The van der Waals surface area contributed by atoms with Crippen LogP contribution in [0.5, 0.6) is 0 Å². The summed E-state index contributed by atoms with van der Waals surface area (Å²) >= 11 is 3.21. The molecule has 3 rings (SSSR count). The van der Waals surface area contributed by atoms with Crippen molar-refractivity contribution in [1.29, 1.82) is 0 Å². The van der Waals surface area contributed by atoms with Gasteiger partial charge in [-0.1, -0.05) is 6.42 Å². The molecule has 1 amide bonds. The Kier molecular flexibility index (Phi) is 9.95. The molecule has 1 aromatic carbocycles. The Morgan fingerprint density at radius 2 is 2.03 bits per heavy atom. The Bertz CT molecular complexity index is 855. The fraction of sp³-hybridized carbons (Fsp3) is 0.522. The first-order chi connectivity index (χ1) is 15.6. The van der Waals surface area contributed by atoms with Gasteiger partial charge in [0.1, 0.15) is 4.91 Å². The van der Waals surface area contributed by atoms with E-state index in [1.165, 1.54) is 11.8 Å². The number of nitrogens with one attached hydrogen (secondary N) is 1. The quantitative estimate of drug-likeness (QED) is 0.270. The number of hydrogen-bond acceptors (Lipinski definition) is 8. The predicted octanol–water partition coefficient (Wildman–Crippen LogP) is 4.51. The Labute approximate surface area is 198 Å². The van der Waals surface area contributed by atoms with E-state index in [1.54, 1.807) is 18.9 Å². The van der Waals surface area contributed by atoms with E-state index in [0.717, 1.165) is 66.0 Å². The van der Waals surface area contributed by atoms with Crippen LogP contribution in [0.25, 0.3) is 0 Å². The molecule has 0 saturated heterocycles. The van der Waals surface area contributed by atoms with Crippen LogP contribution in [0.1, 0.15) is 39.0 Å². The number of amidine groups is 1. The largest absolute Gasteiger partial charge is 0.466 e. The van der Waals surface area contributed by atoms with Gasteiger partial charge < -0.3 is 19.7 Å². The molecule has 174 valence electrons. The van der Waals surface area contributed by atoms with Crippen LogP contribution in [0.4, 0.5) is 5.69 Å². The van der Waals surface area contributed by atoms with Crippen LogP contribution in [0.2, 0.25) is 0 Å². The van der Waals surface area contributed by atoms with Crippen molar-refractivity contribution in [3.05, 3.63) is 34.9 Å². The molecular weight excluding hydrogens is 446 g/mol. The monoisotopic (exact) mass is 477 g/mol. The van der Waals surface area contributed by atoms with Gasteiger partial charge in [0.15, 0.2) is 5.17 Å². The Morgan fingerprint density at radius 3 is 2.78 bits per heavy atom. The number of thioether (sulfide) groups is 2. The Hall–Kier alpha value is -1.97. The van der Waals surface area contributed by atoms with Crippen molar-refractivity contribution in [2.75, 3.05) is 44.5 Å². The van der Waals surface area contributed by atoms with Crippen LogP contribution >= 0.6 is 23.5 Å². The molecular formula is C23H31N3O4S2. The summed E-state index contributed by atoms with van der Waals surface area (Å²) in [6, 6.07) is 7.92. The standard InChI is InChI=1S/C23H31N3O4S2/c1-3-30-20(27)8-5-4-6-15-31-18-11-9-17(10-12-18)25-22(28)21-19(16-29-2)26-14-7-13-24-23(26)32-21/h9-12H,3-8,13-16H2,1-2H3,(H,25,28). The number of carbonyl (C=O) groups excluding carboxylic acids is 2. The Balaban J connectivity index is 1.45. The lowest BCUT2D eigenvalue weighted by Crippen LogP contribution is -2.31. The summed E-state index contributed by atoms with van der Waals surface area (Å²) in [6.07, 6.45) is 4.41. The summed E-state index contributed by atoms with van der Waals surface area (Å²) < 4.78 is 10.3. The normalized spacial score (nSPS) is 15.4. The highest BCUT2D eigenvalue weighted by Gasteiger charge is 2.34. The van der Waals surface area contributed by atoms with Gasteiger partial charge in [-0.25, -0.2) is 0 Å². The van der Waals surface area contributed by atoms with E-state index in [1.807, 2.05) is 31.2 Å². The van der Waals surface area contributed by atoms with Crippen molar-refractivity contribution in [3.8, 4) is 0 Å². The SMILES string of the molecule is CCOC(=O)CCCCCSc1ccc(NC(=O)C2=C(COC)N3CCCN=C3S2)cc1. The summed E-state index contributed by atoms with van der Waals surface area (Å²) in [5.74, 6) is 0.764. The van der Waals surface area contributed by atoms with Gasteiger partial charge in [0, 0.05) is 37.2 Å². The number of carbonyl (C=O) groups is 2. The van der Waals surface area contributed by atoms with E-state index in [0.29, 0.717) is 24.5 Å². The zero-order valence-electron chi connectivity index (χ0n) is 18.7. The first-order valence-electron chi connectivity index (χ1n) is 11.0. The lowest BCUT2D eigenvalue weighted by atomic mass is 10.2. The van der Waals surface area contributed by atoms with Crippen molar-refractivity contribution >= 4 is 46.3 Å². The van der Waals surface area contributed by atoms with Crippen molar-refractivity contribution in [3.63, 3.8) is 0 Å². The lowest BCUT2D eigenvalue weighted by molar-refractivity contribution is -0.143. The molecule has 0 radical (unpaired) electrons. The number of benzene rings is 1. The summed E-state index contributed by atoms with van der Waals surface area (Å²) in [6.45, 7) is 4.34. The second-order valence-corrected chi connectivity index (χ2v) is 9.57. The van der Waals surface area contributed by atoms with E-state index in [-0.39, 0.29) is 11.9 Å². The van der Waals surface area contributed by atoms with Gasteiger partial charge in [0.2, 0.25) is 0 Å². The molecule has 0 unspecified atom stereocenters. The number of methoxy groups -OCH3 is 1. The molecule has 0 bridgehead atoms. The molecule has 0 aromatic heterocycles. The third kappa shape index (κ3) is 7.02. The lowest BCUT2D eigenvalue weighted by Gasteiger charge is -2.24. The molecule has 0 saturated carbocycles. The molecule has 1 aromatic rings. The fourth-order valence-electron chi connectivity index (χ4n) is 3.45. The number of unbranched alkanes of at least 4 members (excludes halogenated alkanes) is 2. The topological polar surface area (TPSA) is 80.2 Å². The van der Waals surface area contributed by atoms with E-state index >= 15 is 0 Å². The van der Waals surface area contributed by atoms with Gasteiger partial charge in [-0.15, -0.1) is 11.8 Å². The molecule has 2 aliphatic rings. The van der Waals surface area contributed by atoms with E-state index in [4.69, 9.17) is 9.47 Å². The molecule has 0 fully saturated rings. The molecule has 7 nitrogen and oxygen atoms in total. The Morgan fingerprint density at radius 1 is 1.22 bits per heavy atom. The van der Waals surface area contributed by atoms with Gasteiger partial charge in [0.05, 0.1) is 18.9 Å². The predicted molar refractivity (Wildman–Crippen MR) is 131 cm³/mol. The van der Waals surface area contributed by atoms with Gasteiger partial charge >= 0.3 is 5.97 Å². The highest BCUT2D eigenvalue weighted by molar-refractivity contribution is 8.18. The number of anilines is 1. The maximum absolute atomic E-state index is 12.9. The van der Waals surface area contributed by atoms with Crippen molar-refractivity contribution < 1.29 is 19.1 Å². The highest BCUT2D eigenvalue weighted by atomic mass is 32.2. The maximum Gasteiger partial charge on any atom is 0.305 e. The van der Waals surface area contributed by atoms with Gasteiger partial charge in [0.25, 0.3) is 5.91 Å². The van der Waals surface area contributed by atoms with E-state index in [9.17, 15) is 9.59 Å². The maximum atomic E-state index is 12.9. The second-order valence-electron chi connectivity index (χ2n) is 7.42. The smallest absolute Gasteiger partial charge is 0.305 e. The zero-order valence-corrected chi connectivity index (χ0v) is 20.4. The van der Waals surface area contributed by atoms with Crippen LogP contribution in [0, 0.1) is 0 Å². The van der Waals surface area contributed by atoms with Crippen LogP contribution in [-0.2, 0) is 19.1 Å². The highest BCUT2D eigenvalue weighted by Crippen LogP contribution is 2.37. The minimum Gasteiger partial charge on any atom is -0.466 e. The van der Waals surface area contributed by atoms with E-state index < -0.39 is 0 Å². The molecule has 0 spiro atoms. The number of fused-ring (bicyclic) bond motifs is 1. The minimum absolute atomic E-state index is 0.108. The minimum atomic E-state index is -0.124. The summed E-state index contributed by atoms with van der Waals surface area (Å²) in [5.41, 5.74) is 1.66. The zero-order chi connectivity index (χ0) is 22.8. The fourth-order valence-corrected chi connectivity index (χ4v) is 5.44. The number of rotatable bonds is 12. The van der Waals surface area contributed by atoms with Crippen LogP contribution < -0.4 is 5.32 Å². The first kappa shape index (κ1) is 24.7. The molecule has 2 aliphatic heterocycles. The number of hydrogen-bond donors (Lipinski definition) is 1. The average molecular weight is 478 g/mol.